The summed E-state index contributed by atoms with van der Waals surface area (Å²) < 4.78 is 21.5. The molecule has 3 aromatic heterocycles. The lowest BCUT2D eigenvalue weighted by atomic mass is 10.1. The van der Waals surface area contributed by atoms with Crippen molar-refractivity contribution in [3.8, 4) is 69.5 Å². The normalized spacial score (nSPS) is 14.6. The highest BCUT2D eigenvalue weighted by Crippen LogP contribution is 2.36. The van der Waals surface area contributed by atoms with E-state index in [1.165, 1.54) is 70.4 Å². The van der Waals surface area contributed by atoms with Crippen LogP contribution in [0.15, 0.2) is 202 Å². The highest BCUT2D eigenvalue weighted by molar-refractivity contribution is 8.00. The van der Waals surface area contributed by atoms with Crippen LogP contribution >= 0.6 is 47.0 Å². The highest BCUT2D eigenvalue weighted by atomic mass is 32.2. The molecule has 4 aliphatic heterocycles. The summed E-state index contributed by atoms with van der Waals surface area (Å²) in [6, 6.07) is 59.0. The number of rotatable bonds is 15. The maximum absolute atomic E-state index is 5.41. The van der Waals surface area contributed by atoms with Crippen LogP contribution in [0.25, 0.3) is 34.2 Å². The lowest BCUT2D eigenvalue weighted by Crippen LogP contribution is -2.24. The molecule has 0 bridgehead atoms. The summed E-state index contributed by atoms with van der Waals surface area (Å²) in [4.78, 5) is 23.8. The number of thioether (sulfide) groups is 4. The molecule has 0 fully saturated rings. The molecule has 98 heavy (non-hydrogen) atoms. The van der Waals surface area contributed by atoms with Crippen LogP contribution in [-0.4, -0.2) is 148 Å². The quantitative estimate of drug-likeness (QED) is 0.0822. The summed E-state index contributed by atoms with van der Waals surface area (Å²) in [7, 11) is 6.87. The Bertz CT molecular complexity index is 4330. The van der Waals surface area contributed by atoms with Gasteiger partial charge in [0, 0.05) is 143 Å². The third-order valence-corrected chi connectivity index (χ3v) is 21.3. The number of H-pyrrole nitrogens is 3. The number of aromatic nitrogens is 10. The van der Waals surface area contributed by atoms with Gasteiger partial charge in [-0.2, -0.15) is 15.4 Å². The van der Waals surface area contributed by atoms with Crippen LogP contribution in [0.4, 0.5) is 0 Å². The molecule has 0 saturated carbocycles. The molecule has 0 atom stereocenters. The molecule has 11 aromatic rings. The zero-order chi connectivity index (χ0) is 66.6. The molecule has 4 aliphatic rings. The van der Waals surface area contributed by atoms with E-state index in [1.807, 2.05) is 95.6 Å². The molecule has 0 unspecified atom stereocenters. The second-order valence-corrected chi connectivity index (χ2v) is 28.0. The van der Waals surface area contributed by atoms with Crippen LogP contribution in [0.1, 0.15) is 57.5 Å². The predicted molar refractivity (Wildman–Crippen MR) is 396 cm³/mol. The van der Waals surface area contributed by atoms with Gasteiger partial charge in [-0.1, -0.05) is 92.2 Å². The zero-order valence-electron chi connectivity index (χ0n) is 54.9. The van der Waals surface area contributed by atoms with Gasteiger partial charge < -0.3 is 18.9 Å². The largest absolute Gasteiger partial charge is 0.497 e. The molecular formula is C76H82N14O4S4. The lowest BCUT2D eigenvalue weighted by Gasteiger charge is -2.21. The zero-order valence-corrected chi connectivity index (χ0v) is 58.2. The summed E-state index contributed by atoms with van der Waals surface area (Å²) in [5, 5.41) is 28.1. The van der Waals surface area contributed by atoms with E-state index in [4.69, 9.17) is 25.4 Å². The van der Waals surface area contributed by atoms with E-state index in [1.54, 1.807) is 34.8 Å². The fourth-order valence-electron chi connectivity index (χ4n) is 11.9. The Kier molecular flexibility index (Phi) is 25.6. The van der Waals surface area contributed by atoms with Crippen LogP contribution in [0.5, 0.6) is 23.0 Å². The molecule has 8 aromatic carbocycles. The smallest absolute Gasteiger partial charge is 0.204 e. The number of hydrogen-bond acceptors (Lipinski definition) is 19. The van der Waals surface area contributed by atoms with Gasteiger partial charge in [0.15, 0.2) is 11.6 Å². The first-order chi connectivity index (χ1) is 47.7. The molecule has 0 aliphatic carbocycles. The number of tetrazole rings is 1. The van der Waals surface area contributed by atoms with Crippen LogP contribution in [0.2, 0.25) is 0 Å². The van der Waals surface area contributed by atoms with Gasteiger partial charge in [-0.15, -0.1) is 63.7 Å². The molecule has 3 N–H and O–H groups in total. The Hall–Kier alpha value is -8.89. The van der Waals surface area contributed by atoms with Crippen LogP contribution in [-0.2, 0) is 52.4 Å². The van der Waals surface area contributed by atoms with Gasteiger partial charge in [-0.3, -0.25) is 29.8 Å². The molecule has 15 rings (SSSR count). The van der Waals surface area contributed by atoms with E-state index in [9.17, 15) is 0 Å². The Morgan fingerprint density at radius 2 is 0.878 bits per heavy atom. The third kappa shape index (κ3) is 19.3. The van der Waals surface area contributed by atoms with Gasteiger partial charge >= 0.3 is 0 Å². The second kappa shape index (κ2) is 35.6. The number of nitrogens with one attached hydrogen (secondary N) is 3. The van der Waals surface area contributed by atoms with E-state index in [2.05, 4.69) is 198 Å². The number of aromatic amines is 3. The molecule has 0 spiro atoms. The molecule has 18 nitrogen and oxygen atoms in total. The van der Waals surface area contributed by atoms with E-state index in [-0.39, 0.29) is 7.43 Å². The Labute approximate surface area is 591 Å². The number of fused-ring (bicyclic) bond motifs is 4. The van der Waals surface area contributed by atoms with E-state index >= 15 is 0 Å². The average molecular weight is 1380 g/mol. The third-order valence-electron chi connectivity index (χ3n) is 16.9. The number of ether oxygens (including phenoxy) is 4. The van der Waals surface area contributed by atoms with Crippen molar-refractivity contribution < 1.29 is 18.9 Å². The first-order valence-corrected chi connectivity index (χ1v) is 36.0. The first-order valence-electron chi connectivity index (χ1n) is 32.1. The van der Waals surface area contributed by atoms with E-state index in [0.29, 0.717) is 5.82 Å². The van der Waals surface area contributed by atoms with Crippen LogP contribution in [0, 0.1) is 12.3 Å². The number of nitrogens with zero attached hydrogens (tertiary/aromatic N) is 11. The number of methoxy groups -OCH3 is 4. The van der Waals surface area contributed by atoms with Crippen molar-refractivity contribution in [1.82, 2.24) is 70.6 Å². The van der Waals surface area contributed by atoms with Gasteiger partial charge in [0.05, 0.1) is 28.4 Å². The van der Waals surface area contributed by atoms with E-state index < -0.39 is 0 Å². The summed E-state index contributed by atoms with van der Waals surface area (Å²) in [6.45, 7) is 11.6. The first kappa shape index (κ1) is 70.4. The molecule has 7 heterocycles. The van der Waals surface area contributed by atoms with Crippen molar-refractivity contribution in [2.45, 2.75) is 79.4 Å². The van der Waals surface area contributed by atoms with Crippen molar-refractivity contribution >= 4 is 47.0 Å². The Morgan fingerprint density at radius 1 is 0.449 bits per heavy atom. The Morgan fingerprint density at radius 3 is 1.30 bits per heavy atom. The molecule has 0 amide bonds. The minimum atomic E-state index is 0. The van der Waals surface area contributed by atoms with Crippen molar-refractivity contribution in [3.05, 3.63) is 233 Å². The highest BCUT2D eigenvalue weighted by Gasteiger charge is 2.22. The monoisotopic (exact) mass is 1380 g/mol. The minimum Gasteiger partial charge on any atom is -0.497 e. The predicted octanol–water partition coefficient (Wildman–Crippen LogP) is 14.6. The van der Waals surface area contributed by atoms with Crippen molar-refractivity contribution in [2.75, 3.05) is 77.6 Å². The van der Waals surface area contributed by atoms with Gasteiger partial charge in [0.25, 0.3) is 0 Å². The molecule has 0 radical (unpaired) electrons. The van der Waals surface area contributed by atoms with Crippen molar-refractivity contribution in [3.63, 3.8) is 0 Å². The fraction of sp³-hybridized carbons (Fsp3) is 0.276. The number of terminal acetylenes is 1. The molecule has 22 heteroatoms. The molecule has 0 saturated heterocycles. The summed E-state index contributed by atoms with van der Waals surface area (Å²) in [5.74, 6) is 13.0. The fourth-order valence-corrected chi connectivity index (χ4v) is 16.1. The minimum absolute atomic E-state index is 0. The Balaban J connectivity index is 0.000000132. The number of benzene rings is 8. The topological polar surface area (TPSA) is 187 Å². The standard InChI is InChI=1S/2C19H20N4OS.C19H19NOS.C18H19N5OS.CH4/c1-24-17-6-7-18-16(10-17)12-23(8-9-25-18)11-14-2-4-15(5-3-14)19-20-13-21-22-19;1-24-17-5-6-18-16(10-17)12-23(7-8-25-18)11-14-3-2-4-15(9-14)19-20-13-21-22-19;1-3-15-4-6-16(7-5-15)13-20-10-11-22-19-9-8-18(21-2)12-17(19)14-20;1-24-15-6-7-17-14(10-15)12-23(8-9-25-17)11-13-4-2-3-5-16(13)18-19-21-22-20-18;/h2-7,10,13H,8-9,11-12H2,1H3,(H,20,21,22);2-6,9-10,13H,7-8,11-12H2,1H3,(H,20,21,22);1,4-9,12H,10-11,13-14H2,2H3;2-7,10H,8-9,11-12H2,1H3,(H,19,20,21,22);1H4. The summed E-state index contributed by atoms with van der Waals surface area (Å²) in [5.41, 5.74) is 14.5. The van der Waals surface area contributed by atoms with Gasteiger partial charge in [0.2, 0.25) is 5.82 Å². The van der Waals surface area contributed by atoms with Crippen molar-refractivity contribution in [2.24, 2.45) is 0 Å². The van der Waals surface area contributed by atoms with Gasteiger partial charge in [-0.25, -0.2) is 9.97 Å². The van der Waals surface area contributed by atoms with E-state index in [0.717, 1.165) is 158 Å². The average Bonchev–Trinajstić information content (AvgIpc) is 1.65. The van der Waals surface area contributed by atoms with Crippen molar-refractivity contribution in [1.29, 1.82) is 0 Å². The number of hydrogen-bond donors (Lipinski definition) is 3. The molecule has 504 valence electrons. The van der Waals surface area contributed by atoms with Crippen LogP contribution in [0.3, 0.4) is 0 Å². The molecular weight excluding hydrogens is 1300 g/mol. The maximum atomic E-state index is 5.41. The summed E-state index contributed by atoms with van der Waals surface area (Å²) >= 11 is 7.68. The SMILES string of the molecule is C.C#Cc1ccc(CN2CCSc3ccc(OC)cc3C2)cc1.COc1ccc2c(c1)CN(Cc1ccc(-c3ncn[nH]3)cc1)CCS2.COc1ccc2c(c1)CN(Cc1cccc(-c3ncn[nH]3)c1)CCS2.COc1ccc2c(c1)CN(Cc1ccccc1-c1nn[nH]n1)CCS2. The lowest BCUT2D eigenvalue weighted by molar-refractivity contribution is 0.273. The summed E-state index contributed by atoms with van der Waals surface area (Å²) in [6.07, 6.45) is 8.48. The maximum Gasteiger partial charge on any atom is 0.204 e. The van der Waals surface area contributed by atoms with Gasteiger partial charge in [-0.05, 0) is 141 Å². The van der Waals surface area contributed by atoms with Gasteiger partial charge in [0.1, 0.15) is 35.7 Å². The second-order valence-electron chi connectivity index (χ2n) is 23.4. The van der Waals surface area contributed by atoms with Crippen LogP contribution < -0.4 is 18.9 Å².